The molecule has 0 atom stereocenters. The van der Waals surface area contributed by atoms with Crippen molar-refractivity contribution in [2.45, 2.75) is 0 Å². The van der Waals surface area contributed by atoms with E-state index in [2.05, 4.69) is 137 Å². The topological polar surface area (TPSA) is 8.17 Å². The van der Waals surface area contributed by atoms with Crippen LogP contribution in [0.1, 0.15) is 0 Å². The van der Waals surface area contributed by atoms with Gasteiger partial charge in [0.05, 0.1) is 15.7 Å². The number of hydrogen-bond acceptors (Lipinski definition) is 2. The highest BCUT2D eigenvalue weighted by Gasteiger charge is 2.41. The van der Waals surface area contributed by atoms with E-state index in [4.69, 9.17) is 0 Å². The second-order valence-corrected chi connectivity index (χ2v) is 11.9. The highest BCUT2D eigenvalue weighted by molar-refractivity contribution is 7.26. The molecule has 6 aromatic carbocycles. The van der Waals surface area contributed by atoms with Crippen LogP contribution in [0.15, 0.2) is 127 Å². The average molecular weight is 524 g/mol. The molecule has 0 fully saturated rings. The maximum atomic E-state index is 2.59. The van der Waals surface area contributed by atoms with Gasteiger partial charge in [-0.3, -0.25) is 0 Å². The predicted molar refractivity (Wildman–Crippen MR) is 173 cm³/mol. The van der Waals surface area contributed by atoms with Gasteiger partial charge in [0.15, 0.2) is 0 Å². The lowest BCUT2D eigenvalue weighted by Crippen LogP contribution is -2.60. The molecule has 0 saturated heterocycles. The fraction of sp³-hybridized carbons (Fsp3) is 0. The van der Waals surface area contributed by atoms with Gasteiger partial charge in [-0.25, -0.2) is 0 Å². The van der Waals surface area contributed by atoms with E-state index in [1.807, 2.05) is 11.3 Å². The molecule has 8 aromatic rings. The van der Waals surface area contributed by atoms with Crippen LogP contribution < -0.4 is 21.3 Å². The Hall–Kier alpha value is -4.80. The van der Waals surface area contributed by atoms with Crippen LogP contribution in [0, 0.1) is 0 Å². The van der Waals surface area contributed by atoms with Crippen LogP contribution >= 0.6 is 11.3 Å². The van der Waals surface area contributed by atoms with E-state index in [-0.39, 0.29) is 6.71 Å². The summed E-state index contributed by atoms with van der Waals surface area (Å²) in [7, 11) is 0. The summed E-state index contributed by atoms with van der Waals surface area (Å²) in [4.78, 5) is 2.46. The first-order chi connectivity index (χ1) is 19.9. The maximum Gasteiger partial charge on any atom is 0.252 e. The lowest BCUT2D eigenvalue weighted by atomic mass is 9.34. The lowest BCUT2D eigenvalue weighted by Gasteiger charge is -2.39. The van der Waals surface area contributed by atoms with Gasteiger partial charge in [0, 0.05) is 49.0 Å². The molecule has 0 unspecified atom stereocenters. The van der Waals surface area contributed by atoms with E-state index in [1.54, 1.807) is 0 Å². The molecule has 2 aliphatic rings. The molecule has 184 valence electrons. The van der Waals surface area contributed by atoms with Crippen LogP contribution in [0.3, 0.4) is 0 Å². The molecule has 2 nitrogen and oxygen atoms in total. The molecule has 4 heterocycles. The Labute approximate surface area is 235 Å². The van der Waals surface area contributed by atoms with Crippen LogP contribution in [-0.4, -0.2) is 11.3 Å². The van der Waals surface area contributed by atoms with Gasteiger partial charge in [-0.2, -0.15) is 0 Å². The fourth-order valence-electron chi connectivity index (χ4n) is 7.44. The molecule has 10 rings (SSSR count). The number of benzene rings is 6. The van der Waals surface area contributed by atoms with E-state index in [1.165, 1.54) is 81.1 Å². The van der Waals surface area contributed by atoms with Crippen molar-refractivity contribution in [2.75, 3.05) is 4.90 Å². The molecule has 0 saturated carbocycles. The minimum absolute atomic E-state index is 0.181. The second kappa shape index (κ2) is 7.44. The molecular formula is C36H21BN2S. The zero-order valence-corrected chi connectivity index (χ0v) is 22.3. The summed E-state index contributed by atoms with van der Waals surface area (Å²) in [5.74, 6) is 0. The molecule has 0 bridgehead atoms. The van der Waals surface area contributed by atoms with E-state index >= 15 is 0 Å². The van der Waals surface area contributed by atoms with Crippen LogP contribution in [0.2, 0.25) is 0 Å². The fourth-order valence-corrected chi connectivity index (χ4v) is 8.68. The standard InChI is InChI=1S/C36H21BN2S/c1-2-10-22(11-3-1)38-29-15-7-5-13-27(29)37-28-14-6-8-16-30(28)39-34-24(20-21-31(38)33(34)37)25-18-19-26-23-12-4-9-17-32(23)40-36(26)35(25)39/h1-21H. The first-order valence-electron chi connectivity index (χ1n) is 13.8. The van der Waals surface area contributed by atoms with Gasteiger partial charge in [0.25, 0.3) is 6.71 Å². The summed E-state index contributed by atoms with van der Waals surface area (Å²) in [6.07, 6.45) is 0. The van der Waals surface area contributed by atoms with Crippen molar-refractivity contribution in [2.24, 2.45) is 0 Å². The van der Waals surface area contributed by atoms with E-state index in [9.17, 15) is 0 Å². The molecule has 0 N–H and O–H groups in total. The summed E-state index contributed by atoms with van der Waals surface area (Å²) in [5, 5.41) is 5.35. The predicted octanol–water partition coefficient (Wildman–Crippen LogP) is 7.76. The molecule has 0 aliphatic carbocycles. The molecule has 2 aromatic heterocycles. The third-order valence-electron chi connectivity index (χ3n) is 8.97. The van der Waals surface area contributed by atoms with Crippen LogP contribution in [0.25, 0.3) is 47.7 Å². The smallest absolute Gasteiger partial charge is 0.252 e. The van der Waals surface area contributed by atoms with Gasteiger partial charge >= 0.3 is 0 Å². The summed E-state index contributed by atoms with van der Waals surface area (Å²) in [5.41, 5.74) is 11.8. The van der Waals surface area contributed by atoms with Crippen molar-refractivity contribution in [3.05, 3.63) is 127 Å². The Morgan fingerprint density at radius 1 is 0.475 bits per heavy atom. The SMILES string of the molecule is c1ccc(N2c3ccccc3B3c4ccccc4-n4c5c3c2ccc5c2ccc3c5ccccc5sc3c24)cc1. The number of thiophene rings is 1. The Bertz CT molecular complexity index is 2350. The van der Waals surface area contributed by atoms with E-state index in [0.717, 1.165) is 0 Å². The molecule has 4 heteroatoms. The molecule has 0 radical (unpaired) electrons. The van der Waals surface area contributed by atoms with Gasteiger partial charge in [-0.05, 0) is 52.8 Å². The van der Waals surface area contributed by atoms with Gasteiger partial charge in [-0.1, -0.05) is 91.0 Å². The van der Waals surface area contributed by atoms with Crippen molar-refractivity contribution >= 4 is 93.5 Å². The van der Waals surface area contributed by atoms with Gasteiger partial charge in [0.1, 0.15) is 0 Å². The van der Waals surface area contributed by atoms with Crippen molar-refractivity contribution in [1.29, 1.82) is 0 Å². The lowest BCUT2D eigenvalue weighted by molar-refractivity contribution is 1.19. The molecule has 0 amide bonds. The monoisotopic (exact) mass is 524 g/mol. The third-order valence-corrected chi connectivity index (χ3v) is 10.2. The number of anilines is 3. The second-order valence-electron chi connectivity index (χ2n) is 10.9. The minimum Gasteiger partial charge on any atom is -0.311 e. The number of nitrogens with zero attached hydrogens (tertiary/aromatic N) is 2. The number of rotatable bonds is 1. The molecule has 2 aliphatic heterocycles. The van der Waals surface area contributed by atoms with Crippen molar-refractivity contribution in [3.63, 3.8) is 0 Å². The first-order valence-corrected chi connectivity index (χ1v) is 14.6. The van der Waals surface area contributed by atoms with Gasteiger partial charge in [0.2, 0.25) is 0 Å². The number of para-hydroxylation sites is 3. The van der Waals surface area contributed by atoms with Crippen molar-refractivity contribution < 1.29 is 0 Å². The largest absolute Gasteiger partial charge is 0.311 e. The quantitative estimate of drug-likeness (QED) is 0.199. The third kappa shape index (κ3) is 2.46. The zero-order valence-electron chi connectivity index (χ0n) is 21.5. The highest BCUT2D eigenvalue weighted by atomic mass is 32.1. The molecular weight excluding hydrogens is 503 g/mol. The van der Waals surface area contributed by atoms with Gasteiger partial charge < -0.3 is 9.47 Å². The van der Waals surface area contributed by atoms with Crippen molar-refractivity contribution in [3.8, 4) is 5.69 Å². The Morgan fingerprint density at radius 3 is 2.00 bits per heavy atom. The normalized spacial score (nSPS) is 13.4. The summed E-state index contributed by atoms with van der Waals surface area (Å²) >= 11 is 1.92. The van der Waals surface area contributed by atoms with E-state index < -0.39 is 0 Å². The van der Waals surface area contributed by atoms with Crippen molar-refractivity contribution in [1.82, 2.24) is 4.57 Å². The Balaban J connectivity index is 1.44. The van der Waals surface area contributed by atoms with Crippen LogP contribution in [0.4, 0.5) is 17.1 Å². The maximum absolute atomic E-state index is 2.59. The summed E-state index contributed by atoms with van der Waals surface area (Å²) in [6.45, 7) is 0.181. The minimum atomic E-state index is 0.181. The molecule has 40 heavy (non-hydrogen) atoms. The Kier molecular flexibility index (Phi) is 3.92. The first kappa shape index (κ1) is 21.1. The zero-order chi connectivity index (χ0) is 25.9. The number of hydrogen-bond donors (Lipinski definition) is 0. The average Bonchev–Trinajstić information content (AvgIpc) is 3.57. The summed E-state index contributed by atoms with van der Waals surface area (Å²) < 4.78 is 5.30. The molecule has 0 spiro atoms. The number of fused-ring (bicyclic) bond motifs is 12. The number of aromatic nitrogens is 1. The highest BCUT2D eigenvalue weighted by Crippen LogP contribution is 2.46. The summed E-state index contributed by atoms with van der Waals surface area (Å²) in [6, 6.07) is 47.1. The van der Waals surface area contributed by atoms with Crippen LogP contribution in [-0.2, 0) is 0 Å². The van der Waals surface area contributed by atoms with E-state index in [0.29, 0.717) is 0 Å². The van der Waals surface area contributed by atoms with Gasteiger partial charge in [-0.15, -0.1) is 11.3 Å². The van der Waals surface area contributed by atoms with Crippen LogP contribution in [0.5, 0.6) is 0 Å². The Morgan fingerprint density at radius 2 is 1.12 bits per heavy atom.